The molecule has 1 atom stereocenters. The first-order valence-corrected chi connectivity index (χ1v) is 9.40. The van der Waals surface area contributed by atoms with Crippen molar-refractivity contribution in [2.75, 3.05) is 39.3 Å². The van der Waals surface area contributed by atoms with Gasteiger partial charge in [0.05, 0.1) is 12.8 Å². The van der Waals surface area contributed by atoms with E-state index in [0.717, 1.165) is 34.2 Å². The first-order valence-electron chi connectivity index (χ1n) is 8.52. The minimum atomic E-state index is -0.172. The van der Waals surface area contributed by atoms with Gasteiger partial charge in [-0.2, -0.15) is 0 Å². The van der Waals surface area contributed by atoms with Crippen LogP contribution in [0.3, 0.4) is 0 Å². The summed E-state index contributed by atoms with van der Waals surface area (Å²) in [5, 5.41) is -0.172. The second-order valence-corrected chi connectivity index (χ2v) is 7.50. The molecule has 1 aliphatic heterocycles. The van der Waals surface area contributed by atoms with Crippen molar-refractivity contribution in [3.8, 4) is 11.5 Å². The van der Waals surface area contributed by atoms with E-state index in [2.05, 4.69) is 4.90 Å². The van der Waals surface area contributed by atoms with Crippen LogP contribution < -0.4 is 14.4 Å². The lowest BCUT2D eigenvalue weighted by Crippen LogP contribution is -2.28. The molecule has 0 spiro atoms. The fourth-order valence-electron chi connectivity index (χ4n) is 2.91. The number of fused-ring (bicyclic) bond motifs is 1. The highest BCUT2D eigenvalue weighted by Gasteiger charge is 2.35. The Hall–Kier alpha value is -2.18. The first kappa shape index (κ1) is 18.6. The largest absolute Gasteiger partial charge is 0.497 e. The van der Waals surface area contributed by atoms with E-state index >= 15 is 0 Å². The normalized spacial score (nSPS) is 15.9. The van der Waals surface area contributed by atoms with Crippen LogP contribution >= 0.6 is 11.8 Å². The summed E-state index contributed by atoms with van der Waals surface area (Å²) < 4.78 is 11.4. The number of thioether (sulfide) groups is 1. The number of benzene rings is 2. The summed E-state index contributed by atoms with van der Waals surface area (Å²) >= 11 is 1.66. The Bertz CT molecular complexity index is 794. The maximum Gasteiger partial charge on any atom is 0.225 e. The molecule has 0 saturated heterocycles. The van der Waals surface area contributed by atoms with Gasteiger partial charge in [-0.1, -0.05) is 23.9 Å². The first-order chi connectivity index (χ1) is 12.5. The molecule has 6 heteroatoms. The number of likely N-dealkylation sites (N-methyl/N-ethyl adjacent to an activating group) is 1. The zero-order valence-corrected chi connectivity index (χ0v) is 16.4. The van der Waals surface area contributed by atoms with Gasteiger partial charge < -0.3 is 14.4 Å². The number of carbonyl (C=O) groups is 1. The van der Waals surface area contributed by atoms with Crippen molar-refractivity contribution >= 4 is 23.4 Å². The second-order valence-electron chi connectivity index (χ2n) is 6.38. The number of hydrogen-bond acceptors (Lipinski definition) is 5. The third-order valence-electron chi connectivity index (χ3n) is 4.22. The molecule has 26 heavy (non-hydrogen) atoms. The lowest BCUT2D eigenvalue weighted by molar-refractivity contribution is -0.116. The van der Waals surface area contributed by atoms with Gasteiger partial charge in [-0.15, -0.1) is 0 Å². The highest BCUT2D eigenvalue weighted by molar-refractivity contribution is 8.00. The molecule has 0 N–H and O–H groups in total. The predicted molar refractivity (Wildman–Crippen MR) is 105 cm³/mol. The quantitative estimate of drug-likeness (QED) is 0.772. The van der Waals surface area contributed by atoms with Crippen molar-refractivity contribution < 1.29 is 14.3 Å². The minimum Gasteiger partial charge on any atom is -0.497 e. The van der Waals surface area contributed by atoms with E-state index in [-0.39, 0.29) is 11.3 Å². The third-order valence-corrected chi connectivity index (χ3v) is 5.50. The van der Waals surface area contributed by atoms with Crippen molar-refractivity contribution in [1.82, 2.24) is 4.90 Å². The number of amides is 1. The van der Waals surface area contributed by atoms with Crippen LogP contribution in [0.4, 0.5) is 5.69 Å². The molecule has 1 unspecified atom stereocenters. The number of methoxy groups -OCH3 is 1. The molecule has 1 amide bonds. The van der Waals surface area contributed by atoms with E-state index in [0.29, 0.717) is 6.61 Å². The standard InChI is InChI=1S/C20H24N2O3S/c1-14(23)22-17-7-5-6-8-19(17)26-20(22)16-13-15(24-4)9-10-18(16)25-12-11-21(2)3/h5-10,13,20H,11-12H2,1-4H3. The molecular formula is C20H24N2O3S. The molecule has 2 aromatic rings. The molecule has 2 aromatic carbocycles. The second kappa shape index (κ2) is 8.01. The number of nitrogens with zero attached hydrogens (tertiary/aromatic N) is 2. The van der Waals surface area contributed by atoms with Crippen LogP contribution in [0.5, 0.6) is 11.5 Å². The topological polar surface area (TPSA) is 42.0 Å². The van der Waals surface area contributed by atoms with Crippen LogP contribution in [-0.4, -0.2) is 45.2 Å². The summed E-state index contributed by atoms with van der Waals surface area (Å²) in [5.74, 6) is 1.54. The van der Waals surface area contributed by atoms with Gasteiger partial charge in [-0.25, -0.2) is 0 Å². The summed E-state index contributed by atoms with van der Waals surface area (Å²) in [6.45, 7) is 3.00. The van der Waals surface area contributed by atoms with Crippen LogP contribution in [-0.2, 0) is 4.79 Å². The highest BCUT2D eigenvalue weighted by atomic mass is 32.2. The number of rotatable bonds is 6. The molecule has 1 heterocycles. The van der Waals surface area contributed by atoms with Gasteiger partial charge in [0.15, 0.2) is 0 Å². The van der Waals surface area contributed by atoms with Crippen molar-refractivity contribution in [2.24, 2.45) is 0 Å². The number of carbonyl (C=O) groups excluding carboxylic acids is 1. The molecule has 0 bridgehead atoms. The molecule has 1 aliphatic rings. The van der Waals surface area contributed by atoms with E-state index in [1.54, 1.807) is 25.8 Å². The van der Waals surface area contributed by atoms with Crippen LogP contribution in [0.25, 0.3) is 0 Å². The summed E-state index contributed by atoms with van der Waals surface area (Å²) in [5.41, 5.74) is 1.89. The zero-order valence-electron chi connectivity index (χ0n) is 15.6. The lowest BCUT2D eigenvalue weighted by Gasteiger charge is -2.26. The monoisotopic (exact) mass is 372 g/mol. The Labute approximate surface area is 158 Å². The van der Waals surface area contributed by atoms with Crippen LogP contribution in [0.2, 0.25) is 0 Å². The predicted octanol–water partition coefficient (Wildman–Crippen LogP) is 3.79. The van der Waals surface area contributed by atoms with Crippen molar-refractivity contribution in [3.05, 3.63) is 48.0 Å². The molecule has 0 aromatic heterocycles. The summed E-state index contributed by atoms with van der Waals surface area (Å²) in [6, 6.07) is 13.7. The zero-order chi connectivity index (χ0) is 18.7. The van der Waals surface area contributed by atoms with Gasteiger partial charge in [0.25, 0.3) is 0 Å². The van der Waals surface area contributed by atoms with Gasteiger partial charge in [-0.3, -0.25) is 9.69 Å². The van der Waals surface area contributed by atoms with Crippen LogP contribution in [0, 0.1) is 0 Å². The van der Waals surface area contributed by atoms with Crippen molar-refractivity contribution in [2.45, 2.75) is 17.2 Å². The molecule has 0 aliphatic carbocycles. The van der Waals surface area contributed by atoms with Gasteiger partial charge in [0.2, 0.25) is 5.91 Å². The third kappa shape index (κ3) is 3.81. The number of hydrogen-bond donors (Lipinski definition) is 0. The minimum absolute atomic E-state index is 0.00881. The average Bonchev–Trinajstić information content (AvgIpc) is 3.01. The lowest BCUT2D eigenvalue weighted by atomic mass is 10.1. The number of ether oxygens (including phenoxy) is 2. The molecule has 138 valence electrons. The van der Waals surface area contributed by atoms with Crippen LogP contribution in [0.1, 0.15) is 17.9 Å². The van der Waals surface area contributed by atoms with E-state index in [1.807, 2.05) is 61.5 Å². The van der Waals surface area contributed by atoms with E-state index in [1.165, 1.54) is 0 Å². The highest BCUT2D eigenvalue weighted by Crippen LogP contribution is 2.53. The maximum absolute atomic E-state index is 12.4. The molecule has 0 saturated carbocycles. The molecule has 3 rings (SSSR count). The number of anilines is 1. The van der Waals surface area contributed by atoms with E-state index < -0.39 is 0 Å². The van der Waals surface area contributed by atoms with Gasteiger partial charge in [-0.05, 0) is 44.4 Å². The smallest absolute Gasteiger partial charge is 0.225 e. The van der Waals surface area contributed by atoms with Crippen molar-refractivity contribution in [3.63, 3.8) is 0 Å². The Morgan fingerprint density at radius 1 is 1.23 bits per heavy atom. The molecule has 5 nitrogen and oxygen atoms in total. The Morgan fingerprint density at radius 3 is 2.69 bits per heavy atom. The fraction of sp³-hybridized carbons (Fsp3) is 0.350. The summed E-state index contributed by atoms with van der Waals surface area (Å²) in [4.78, 5) is 17.4. The SMILES string of the molecule is COc1ccc(OCCN(C)C)c(C2Sc3ccccc3N2C(C)=O)c1. The van der Waals surface area contributed by atoms with Gasteiger partial charge >= 0.3 is 0 Å². The molecule has 0 fully saturated rings. The van der Waals surface area contributed by atoms with Crippen LogP contribution in [0.15, 0.2) is 47.4 Å². The molecule has 0 radical (unpaired) electrons. The Balaban J connectivity index is 1.97. The van der Waals surface area contributed by atoms with Gasteiger partial charge in [0, 0.05) is 23.9 Å². The Kier molecular flexibility index (Phi) is 5.74. The van der Waals surface area contributed by atoms with Gasteiger partial charge in [0.1, 0.15) is 23.5 Å². The maximum atomic E-state index is 12.4. The summed E-state index contributed by atoms with van der Waals surface area (Å²) in [6.07, 6.45) is 0. The fourth-order valence-corrected chi connectivity index (χ4v) is 4.27. The van der Waals surface area contributed by atoms with E-state index in [4.69, 9.17) is 9.47 Å². The van der Waals surface area contributed by atoms with E-state index in [9.17, 15) is 4.79 Å². The average molecular weight is 372 g/mol. The Morgan fingerprint density at radius 2 is 2.00 bits per heavy atom. The summed E-state index contributed by atoms with van der Waals surface area (Å²) in [7, 11) is 5.67. The van der Waals surface area contributed by atoms with Crippen molar-refractivity contribution in [1.29, 1.82) is 0 Å². The molecular weight excluding hydrogens is 348 g/mol. The number of para-hydroxylation sites is 1.